The van der Waals surface area contributed by atoms with Gasteiger partial charge in [-0.1, -0.05) is 41.4 Å². The van der Waals surface area contributed by atoms with Gasteiger partial charge in [-0.05, 0) is 44.2 Å². The number of amides is 2. The standard InChI is InChI=1S/C23H27BrN4O2.C2H6/c1-16(13-20-17(2)25-10-9-21(20)24)14-28-12-11-27(15-22(28)29)19-7-5-18(6-8-19)23(30)26(3)4;1-2/h5-10,13H,11-12,14-15H2,1-4H3;1-2H3/b16-13+;. The molecule has 0 spiro atoms. The first kappa shape index (κ1) is 25.6. The SMILES string of the molecule is C/C(=C\c1c(Br)ccnc1C)CN1CCN(c2ccc(C(=O)N(C)C)cc2)CC1=O.CC. The van der Waals surface area contributed by atoms with E-state index in [0.717, 1.165) is 33.5 Å². The molecule has 1 aromatic heterocycles. The quantitative estimate of drug-likeness (QED) is 0.600. The van der Waals surface area contributed by atoms with E-state index in [4.69, 9.17) is 0 Å². The molecule has 2 heterocycles. The van der Waals surface area contributed by atoms with Crippen LogP contribution in [-0.2, 0) is 4.79 Å². The van der Waals surface area contributed by atoms with Gasteiger partial charge in [0.1, 0.15) is 0 Å². The maximum Gasteiger partial charge on any atom is 0.253 e. The van der Waals surface area contributed by atoms with Crippen LogP contribution < -0.4 is 4.90 Å². The van der Waals surface area contributed by atoms with E-state index >= 15 is 0 Å². The number of nitrogens with zero attached hydrogens (tertiary/aromatic N) is 4. The van der Waals surface area contributed by atoms with Crippen LogP contribution in [0.15, 0.2) is 46.6 Å². The predicted octanol–water partition coefficient (Wildman–Crippen LogP) is 4.63. The first-order chi connectivity index (χ1) is 15.3. The number of pyridine rings is 1. The summed E-state index contributed by atoms with van der Waals surface area (Å²) in [6, 6.07) is 9.37. The zero-order valence-electron chi connectivity index (χ0n) is 19.9. The molecule has 1 fully saturated rings. The summed E-state index contributed by atoms with van der Waals surface area (Å²) in [6.45, 7) is 10.4. The highest BCUT2D eigenvalue weighted by molar-refractivity contribution is 9.10. The fourth-order valence-electron chi connectivity index (χ4n) is 3.48. The van der Waals surface area contributed by atoms with Crippen molar-refractivity contribution in [2.24, 2.45) is 0 Å². The summed E-state index contributed by atoms with van der Waals surface area (Å²) in [5.41, 5.74) is 4.72. The number of aromatic nitrogens is 1. The molecule has 0 aliphatic carbocycles. The molecule has 32 heavy (non-hydrogen) atoms. The summed E-state index contributed by atoms with van der Waals surface area (Å²) in [5.74, 6) is 0.0737. The van der Waals surface area contributed by atoms with Crippen LogP contribution in [0.2, 0.25) is 0 Å². The number of benzene rings is 1. The Bertz CT molecular complexity index is 950. The summed E-state index contributed by atoms with van der Waals surface area (Å²) in [5, 5.41) is 0. The molecule has 0 saturated carbocycles. The molecule has 6 nitrogen and oxygen atoms in total. The van der Waals surface area contributed by atoms with Crippen molar-refractivity contribution in [2.45, 2.75) is 27.7 Å². The molecule has 0 bridgehead atoms. The third-order valence-corrected chi connectivity index (χ3v) is 5.86. The lowest BCUT2D eigenvalue weighted by molar-refractivity contribution is -0.130. The highest BCUT2D eigenvalue weighted by atomic mass is 79.9. The minimum absolute atomic E-state index is 0.0276. The molecular weight excluding hydrogens is 468 g/mol. The van der Waals surface area contributed by atoms with Crippen molar-refractivity contribution in [3.8, 4) is 0 Å². The van der Waals surface area contributed by atoms with Crippen molar-refractivity contribution < 1.29 is 9.59 Å². The summed E-state index contributed by atoms with van der Waals surface area (Å²) in [6.07, 6.45) is 3.87. The van der Waals surface area contributed by atoms with Gasteiger partial charge < -0.3 is 14.7 Å². The van der Waals surface area contributed by atoms with Crippen LogP contribution in [0.1, 0.15) is 42.4 Å². The highest BCUT2D eigenvalue weighted by Gasteiger charge is 2.24. The Kier molecular flexibility index (Phi) is 9.44. The van der Waals surface area contributed by atoms with Gasteiger partial charge in [-0.25, -0.2) is 0 Å². The van der Waals surface area contributed by atoms with Crippen molar-refractivity contribution in [2.75, 3.05) is 45.2 Å². The van der Waals surface area contributed by atoms with Gasteiger partial charge in [0, 0.05) is 66.9 Å². The average Bonchev–Trinajstić information content (AvgIpc) is 2.78. The van der Waals surface area contributed by atoms with E-state index in [1.807, 2.05) is 62.9 Å². The average molecular weight is 501 g/mol. The second-order valence-corrected chi connectivity index (χ2v) is 8.62. The maximum atomic E-state index is 12.7. The predicted molar refractivity (Wildman–Crippen MR) is 135 cm³/mol. The topological polar surface area (TPSA) is 56.8 Å². The van der Waals surface area contributed by atoms with E-state index in [0.29, 0.717) is 25.2 Å². The van der Waals surface area contributed by atoms with Crippen molar-refractivity contribution in [3.05, 3.63) is 63.4 Å². The second kappa shape index (κ2) is 11.8. The number of hydrogen-bond acceptors (Lipinski definition) is 4. The Balaban J connectivity index is 0.00000176. The molecule has 7 heteroatoms. The summed E-state index contributed by atoms with van der Waals surface area (Å²) < 4.78 is 1.00. The van der Waals surface area contributed by atoms with Crippen molar-refractivity contribution in [1.29, 1.82) is 0 Å². The van der Waals surface area contributed by atoms with Crippen LogP contribution in [0.4, 0.5) is 5.69 Å². The van der Waals surface area contributed by atoms with Crippen LogP contribution in [0, 0.1) is 6.92 Å². The Morgan fingerprint density at radius 2 is 1.81 bits per heavy atom. The lowest BCUT2D eigenvalue weighted by atomic mass is 10.1. The minimum atomic E-state index is -0.0276. The monoisotopic (exact) mass is 500 g/mol. The largest absolute Gasteiger partial charge is 0.360 e. The highest BCUT2D eigenvalue weighted by Crippen LogP contribution is 2.23. The number of carbonyl (C=O) groups excluding carboxylic acids is 2. The molecule has 1 aliphatic heterocycles. The van der Waals surface area contributed by atoms with Crippen molar-refractivity contribution >= 4 is 39.5 Å². The van der Waals surface area contributed by atoms with Gasteiger partial charge in [-0.2, -0.15) is 0 Å². The maximum absolute atomic E-state index is 12.7. The van der Waals surface area contributed by atoms with E-state index in [1.54, 1.807) is 25.2 Å². The van der Waals surface area contributed by atoms with E-state index in [2.05, 4.69) is 31.9 Å². The molecule has 0 atom stereocenters. The number of halogens is 1. The van der Waals surface area contributed by atoms with E-state index in [9.17, 15) is 9.59 Å². The van der Waals surface area contributed by atoms with Crippen LogP contribution in [0.3, 0.4) is 0 Å². The van der Waals surface area contributed by atoms with E-state index in [1.165, 1.54) is 0 Å². The molecule has 3 rings (SSSR count). The van der Waals surface area contributed by atoms with Crippen LogP contribution in [0.25, 0.3) is 6.08 Å². The van der Waals surface area contributed by atoms with Crippen LogP contribution in [-0.4, -0.2) is 66.9 Å². The molecular formula is C25H33BrN4O2. The molecule has 1 aliphatic rings. The number of anilines is 1. The molecule has 172 valence electrons. The van der Waals surface area contributed by atoms with E-state index in [-0.39, 0.29) is 11.8 Å². The zero-order valence-corrected chi connectivity index (χ0v) is 21.4. The van der Waals surface area contributed by atoms with Gasteiger partial charge in [-0.15, -0.1) is 0 Å². The Morgan fingerprint density at radius 1 is 1.16 bits per heavy atom. The van der Waals surface area contributed by atoms with Gasteiger partial charge in [0.2, 0.25) is 5.91 Å². The molecule has 0 radical (unpaired) electrons. The Hall–Kier alpha value is -2.67. The van der Waals surface area contributed by atoms with Gasteiger partial charge in [0.05, 0.1) is 6.54 Å². The first-order valence-electron chi connectivity index (χ1n) is 10.9. The van der Waals surface area contributed by atoms with Crippen molar-refractivity contribution in [3.63, 3.8) is 0 Å². The number of hydrogen-bond donors (Lipinski definition) is 0. The number of rotatable bonds is 5. The smallest absolute Gasteiger partial charge is 0.253 e. The molecule has 0 unspecified atom stereocenters. The van der Waals surface area contributed by atoms with Gasteiger partial charge in [-0.3, -0.25) is 14.6 Å². The molecule has 1 saturated heterocycles. The molecule has 2 aromatic rings. The molecule has 0 N–H and O–H groups in total. The number of aryl methyl sites for hydroxylation is 1. The summed E-state index contributed by atoms with van der Waals surface area (Å²) in [4.78, 5) is 34.6. The normalized spacial score (nSPS) is 14.1. The number of carbonyl (C=O) groups is 2. The minimum Gasteiger partial charge on any atom is -0.360 e. The second-order valence-electron chi connectivity index (χ2n) is 7.77. The van der Waals surface area contributed by atoms with Gasteiger partial charge in [0.25, 0.3) is 5.91 Å². The lowest BCUT2D eigenvalue weighted by Crippen LogP contribution is -2.50. The summed E-state index contributed by atoms with van der Waals surface area (Å²) in [7, 11) is 3.47. The van der Waals surface area contributed by atoms with Crippen molar-refractivity contribution in [1.82, 2.24) is 14.8 Å². The van der Waals surface area contributed by atoms with Gasteiger partial charge in [0.15, 0.2) is 0 Å². The third kappa shape index (κ3) is 6.42. The Morgan fingerprint density at radius 3 is 2.38 bits per heavy atom. The van der Waals surface area contributed by atoms with Crippen LogP contribution in [0.5, 0.6) is 0 Å². The Labute approximate surface area is 200 Å². The zero-order chi connectivity index (χ0) is 23.8. The lowest BCUT2D eigenvalue weighted by Gasteiger charge is -2.36. The molecule has 1 aromatic carbocycles. The third-order valence-electron chi connectivity index (χ3n) is 5.17. The number of piperazine rings is 1. The van der Waals surface area contributed by atoms with E-state index < -0.39 is 0 Å². The van der Waals surface area contributed by atoms with Crippen LogP contribution >= 0.6 is 15.9 Å². The fourth-order valence-corrected chi connectivity index (χ4v) is 4.00. The first-order valence-corrected chi connectivity index (χ1v) is 11.7. The summed E-state index contributed by atoms with van der Waals surface area (Å²) >= 11 is 3.57. The molecule has 2 amide bonds. The fraction of sp³-hybridized carbons (Fsp3) is 0.400. The van der Waals surface area contributed by atoms with Gasteiger partial charge >= 0.3 is 0 Å².